The Hall–Kier alpha value is -12.7. The second kappa shape index (κ2) is 47.8. The van der Waals surface area contributed by atoms with Crippen LogP contribution in [0.1, 0.15) is 0 Å². The topological polar surface area (TPSA) is 103 Å². The van der Waals surface area contributed by atoms with Crippen LogP contribution in [0.3, 0.4) is 0 Å². The zero-order valence-corrected chi connectivity index (χ0v) is 81.0. The number of nitrogens with zero attached hydrogens (tertiary/aromatic N) is 8. The number of aromatic nitrogens is 8. The third kappa shape index (κ3) is 23.9. The summed E-state index contributed by atoms with van der Waals surface area (Å²) in [5.74, 6) is 0. The second-order valence-corrected chi connectivity index (χ2v) is 31.9. The second-order valence-electron chi connectivity index (χ2n) is 27.7. The molecule has 0 atom stereocenters. The predicted molar refractivity (Wildman–Crippen MR) is 520 cm³/mol. The molecular weight excluding hydrogens is 2350 g/mol. The van der Waals surface area contributed by atoms with Crippen molar-refractivity contribution in [1.29, 1.82) is 0 Å². The van der Waals surface area contributed by atoms with E-state index in [-0.39, 0.29) is 80.4 Å². The van der Waals surface area contributed by atoms with Crippen LogP contribution < -0.4 is 0 Å². The van der Waals surface area contributed by atoms with Gasteiger partial charge in [-0.2, -0.15) is 0 Å². The molecule has 4 radical (unpaired) electrons. The Morgan fingerprint density at radius 2 is 0.500 bits per heavy atom. The fraction of sp³-hybridized carbons (Fsp3) is 0. The van der Waals surface area contributed by atoms with Gasteiger partial charge in [0.25, 0.3) is 0 Å². The molecule has 0 amide bonds. The summed E-state index contributed by atoms with van der Waals surface area (Å²) >= 11 is 7.16. The van der Waals surface area contributed by atoms with E-state index in [1.165, 1.54) is 76.0 Å². The number of thiophene rings is 4. The van der Waals surface area contributed by atoms with Crippen LogP contribution in [0.4, 0.5) is 0 Å². The van der Waals surface area contributed by atoms with Crippen molar-refractivity contribution in [3.63, 3.8) is 0 Å². The molecule has 128 heavy (non-hydrogen) atoms. The zero-order chi connectivity index (χ0) is 83.5. The summed E-state index contributed by atoms with van der Waals surface area (Å²) < 4.78 is 8.99. The van der Waals surface area contributed by atoms with Crippen molar-refractivity contribution in [3.05, 3.63) is 486 Å². The maximum absolute atomic E-state index is 4.77. The van der Waals surface area contributed by atoms with Crippen LogP contribution in [0.5, 0.6) is 0 Å². The molecule has 0 spiro atoms. The molecular formula is C112H72Ir4N8S4-8. The Balaban J connectivity index is 0.000000126. The van der Waals surface area contributed by atoms with Crippen molar-refractivity contribution in [3.8, 4) is 90.1 Å². The van der Waals surface area contributed by atoms with E-state index in [4.69, 9.17) is 4.98 Å². The molecule has 0 aliphatic heterocycles. The Labute approximate surface area is 814 Å². The molecule has 0 unspecified atom stereocenters. The van der Waals surface area contributed by atoms with E-state index in [1.54, 1.807) is 58.8 Å². The van der Waals surface area contributed by atoms with Gasteiger partial charge in [0.2, 0.25) is 0 Å². The maximum atomic E-state index is 4.77. The minimum absolute atomic E-state index is 0. The molecule has 0 fully saturated rings. The van der Waals surface area contributed by atoms with Crippen molar-refractivity contribution in [2.45, 2.75) is 0 Å². The van der Waals surface area contributed by atoms with Gasteiger partial charge in [-0.1, -0.05) is 146 Å². The number of rotatable bonds is 8. The van der Waals surface area contributed by atoms with Gasteiger partial charge in [0.15, 0.2) is 0 Å². The largest absolute Gasteiger partial charge is 0.305 e. The minimum atomic E-state index is 0. The van der Waals surface area contributed by atoms with Gasteiger partial charge >= 0.3 is 0 Å². The van der Waals surface area contributed by atoms with Crippen LogP contribution >= 0.6 is 45.3 Å². The fourth-order valence-corrected chi connectivity index (χ4v) is 18.1. The fourth-order valence-electron chi connectivity index (χ4n) is 13.6. The van der Waals surface area contributed by atoms with Crippen molar-refractivity contribution in [2.75, 3.05) is 0 Å². The van der Waals surface area contributed by atoms with Crippen molar-refractivity contribution in [2.24, 2.45) is 0 Å². The minimum Gasteiger partial charge on any atom is -0.305 e. The molecule has 12 heterocycles. The molecule has 0 saturated carbocycles. The molecule has 0 N–H and O–H groups in total. The number of fused-ring (bicyclic) bond motifs is 12. The van der Waals surface area contributed by atoms with Gasteiger partial charge in [-0.25, -0.2) is 0 Å². The van der Waals surface area contributed by atoms with Gasteiger partial charge < -0.3 is 34.9 Å². The summed E-state index contributed by atoms with van der Waals surface area (Å²) in [7, 11) is 0. The van der Waals surface area contributed by atoms with Crippen molar-refractivity contribution < 1.29 is 80.4 Å². The van der Waals surface area contributed by atoms with Crippen LogP contribution in [0.15, 0.2) is 438 Å². The summed E-state index contributed by atoms with van der Waals surface area (Å²) in [6, 6.07) is 157. The quantitative estimate of drug-likeness (QED) is 0.139. The molecule has 628 valence electrons. The first-order chi connectivity index (χ1) is 61.5. The molecule has 24 aromatic rings. The van der Waals surface area contributed by atoms with Crippen LogP contribution in [-0.2, 0) is 80.4 Å². The summed E-state index contributed by atoms with van der Waals surface area (Å²) in [6.07, 6.45) is 13.0. The van der Waals surface area contributed by atoms with Crippen LogP contribution in [0.25, 0.3) is 171 Å². The molecule has 16 heteroatoms. The van der Waals surface area contributed by atoms with Crippen molar-refractivity contribution in [1.82, 2.24) is 39.9 Å². The molecule has 12 aromatic heterocycles. The predicted octanol–water partition coefficient (Wildman–Crippen LogP) is 29.9. The molecule has 8 nitrogen and oxygen atoms in total. The smallest absolute Gasteiger partial charge is 0.114 e. The van der Waals surface area contributed by atoms with Gasteiger partial charge in [-0.3, -0.25) is 4.98 Å². The number of pyridine rings is 8. The molecule has 0 aliphatic carbocycles. The Bertz CT molecular complexity index is 6840. The van der Waals surface area contributed by atoms with Gasteiger partial charge in [0.1, 0.15) is 4.83 Å². The van der Waals surface area contributed by atoms with E-state index in [1.807, 2.05) is 291 Å². The van der Waals surface area contributed by atoms with E-state index < -0.39 is 0 Å². The first-order valence-electron chi connectivity index (χ1n) is 40.1. The SMILES string of the molecule is [Ir].[Ir].[Ir].[Ir].[c-]1ccccc1-c1cc2c(cn1)sc1ccccc12.[c-]1ccccc1-c1cc2sc3ccccc3c2cn1.[c-]1ccccc1-c1ccc2c(n1)sc1ccccc12.[c-]1ccccc1-c1ccccn1.[c-]1ccccc1-c1ccccn1.[c-]1ccccc1-c1ccccn1.[c-]1ccccc1-c1ccccn1.[c-]1ccccc1-c1nccc2c1sc1ccccc12. The van der Waals surface area contributed by atoms with E-state index in [0.29, 0.717) is 0 Å². The van der Waals surface area contributed by atoms with Crippen LogP contribution in [-0.4, -0.2) is 39.9 Å². The normalized spacial score (nSPS) is 10.2. The average Bonchev–Trinajstić information content (AvgIpc) is 1.90. The Morgan fingerprint density at radius 1 is 0.180 bits per heavy atom. The van der Waals surface area contributed by atoms with Gasteiger partial charge in [0.05, 0.1) is 4.70 Å². The van der Waals surface area contributed by atoms with E-state index in [9.17, 15) is 0 Å². The Morgan fingerprint density at radius 3 is 0.898 bits per heavy atom. The van der Waals surface area contributed by atoms with Crippen LogP contribution in [0.2, 0.25) is 0 Å². The first kappa shape index (κ1) is 93.0. The summed E-state index contributed by atoms with van der Waals surface area (Å²) in [5, 5.41) is 10.2. The zero-order valence-electron chi connectivity index (χ0n) is 68.1. The average molecular weight is 2430 g/mol. The van der Waals surface area contributed by atoms with Gasteiger partial charge in [-0.15, -0.1) is 333 Å². The first-order valence-corrected chi connectivity index (χ1v) is 43.3. The molecule has 0 aliphatic rings. The van der Waals surface area contributed by atoms with E-state index >= 15 is 0 Å². The third-order valence-electron chi connectivity index (χ3n) is 19.6. The molecule has 0 saturated heterocycles. The molecule has 0 bridgehead atoms. The van der Waals surface area contributed by atoms with Crippen LogP contribution in [0, 0.1) is 48.5 Å². The summed E-state index contributed by atoms with van der Waals surface area (Å²) in [6.45, 7) is 0. The monoisotopic (exact) mass is 2430 g/mol. The van der Waals surface area contributed by atoms with Gasteiger partial charge in [-0.05, 0) is 116 Å². The maximum Gasteiger partial charge on any atom is 0.114 e. The summed E-state index contributed by atoms with van der Waals surface area (Å²) in [5.41, 5.74) is 16.2. The number of hydrogen-bond donors (Lipinski definition) is 0. The molecule has 12 aromatic carbocycles. The van der Waals surface area contributed by atoms with Crippen molar-refractivity contribution >= 4 is 126 Å². The van der Waals surface area contributed by atoms with E-state index in [0.717, 1.165) is 94.9 Å². The Kier molecular flexibility index (Phi) is 34.7. The standard InChI is InChI=1S/4C17H10NS.4C11H8N.4Ir/c1-2-6-12(7-3-1)15-10-17-14(11-18-15)13-8-4-5-9-16(13)19-17;1-2-6-12(7-3-1)15-10-14-13-8-4-5-9-16(13)19-17(14)11-18-15;1-2-6-12(7-3-1)15-11-10-14-13-8-4-5-9-16(13)19-17(14)18-15;1-2-6-12(7-3-1)16-17-14(10-11-18-16)13-8-4-5-9-15(13)19-17;4*1-2-6-10(7-3-1)11-8-4-5-9-12-11;;;;/h4*1-6,8-11H;4*1-6,8-9H;;;;/q8*-1;;;;. The number of benzene rings is 12. The molecule has 24 rings (SSSR count). The van der Waals surface area contributed by atoms with Gasteiger partial charge in [0, 0.05) is 179 Å². The third-order valence-corrected chi connectivity index (χ3v) is 24.1. The van der Waals surface area contributed by atoms with E-state index in [2.05, 4.69) is 217 Å². The number of hydrogen-bond acceptors (Lipinski definition) is 12. The summed E-state index contributed by atoms with van der Waals surface area (Å²) in [4.78, 5) is 36.4.